The van der Waals surface area contributed by atoms with Crippen LogP contribution < -0.4 is 5.32 Å². The summed E-state index contributed by atoms with van der Waals surface area (Å²) in [5.74, 6) is 0. The average Bonchev–Trinajstić information content (AvgIpc) is 2.54. The highest BCUT2D eigenvalue weighted by atomic mass is 32.1. The lowest BCUT2D eigenvalue weighted by atomic mass is 9.91. The highest BCUT2D eigenvalue weighted by Gasteiger charge is 2.32. The Morgan fingerprint density at radius 3 is 2.62 bits per heavy atom. The summed E-state index contributed by atoms with van der Waals surface area (Å²) in [5, 5.41) is 13.6. The van der Waals surface area contributed by atoms with E-state index in [9.17, 15) is 5.11 Å². The van der Waals surface area contributed by atoms with Gasteiger partial charge in [0.15, 0.2) is 0 Å². The van der Waals surface area contributed by atoms with Crippen molar-refractivity contribution in [3.63, 3.8) is 0 Å². The van der Waals surface area contributed by atoms with Gasteiger partial charge in [-0.2, -0.15) is 0 Å². The maximum Gasteiger partial charge on any atom is 0.101 e. The molecule has 3 heteroatoms. The van der Waals surface area contributed by atoms with Gasteiger partial charge in [0.05, 0.1) is 0 Å². The monoisotopic (exact) mass is 197 g/mol. The Morgan fingerprint density at radius 2 is 2.08 bits per heavy atom. The van der Waals surface area contributed by atoms with Gasteiger partial charge in [-0.15, -0.1) is 11.3 Å². The topological polar surface area (TPSA) is 32.3 Å². The van der Waals surface area contributed by atoms with Crippen LogP contribution in [-0.2, 0) is 5.60 Å². The molecule has 0 aromatic carbocycles. The summed E-state index contributed by atoms with van der Waals surface area (Å²) in [4.78, 5) is 2.41. The lowest BCUT2D eigenvalue weighted by Gasteiger charge is -2.31. The van der Waals surface area contributed by atoms with Crippen molar-refractivity contribution in [2.24, 2.45) is 0 Å². The van der Waals surface area contributed by atoms with Gasteiger partial charge in [-0.25, -0.2) is 0 Å². The van der Waals surface area contributed by atoms with Crippen LogP contribution in [0.3, 0.4) is 0 Å². The normalized spacial score (nSPS) is 21.7. The predicted molar refractivity (Wildman–Crippen MR) is 55.1 cm³/mol. The second-order valence-electron chi connectivity index (χ2n) is 3.69. The van der Waals surface area contributed by atoms with E-state index < -0.39 is 5.60 Å². The fraction of sp³-hybridized carbons (Fsp3) is 0.600. The standard InChI is InChI=1S/C10H15NOS/c1-8-2-3-9(13-8)10(12)4-6-11-7-5-10/h2-3,11-12H,4-7H2,1H3. The van der Waals surface area contributed by atoms with Crippen molar-refractivity contribution in [1.29, 1.82) is 0 Å². The van der Waals surface area contributed by atoms with E-state index in [-0.39, 0.29) is 0 Å². The second kappa shape index (κ2) is 3.40. The van der Waals surface area contributed by atoms with Crippen LogP contribution in [0.2, 0.25) is 0 Å². The first-order valence-corrected chi connectivity index (χ1v) is 5.52. The minimum absolute atomic E-state index is 0.551. The zero-order valence-corrected chi connectivity index (χ0v) is 8.66. The van der Waals surface area contributed by atoms with E-state index in [2.05, 4.69) is 24.4 Å². The molecule has 2 rings (SSSR count). The highest BCUT2D eigenvalue weighted by Crippen LogP contribution is 2.34. The summed E-state index contributed by atoms with van der Waals surface area (Å²) in [6.07, 6.45) is 1.68. The highest BCUT2D eigenvalue weighted by molar-refractivity contribution is 7.12. The molecule has 0 amide bonds. The molecule has 1 saturated heterocycles. The number of aryl methyl sites for hydroxylation is 1. The van der Waals surface area contributed by atoms with Crippen molar-refractivity contribution in [2.45, 2.75) is 25.4 Å². The van der Waals surface area contributed by atoms with Crippen molar-refractivity contribution in [2.75, 3.05) is 13.1 Å². The van der Waals surface area contributed by atoms with Crippen molar-refractivity contribution in [3.05, 3.63) is 21.9 Å². The third kappa shape index (κ3) is 1.77. The predicted octanol–water partition coefficient (Wildman–Crippen LogP) is 1.63. The summed E-state index contributed by atoms with van der Waals surface area (Å²) in [7, 11) is 0. The Hall–Kier alpha value is -0.380. The smallest absolute Gasteiger partial charge is 0.101 e. The Labute approximate surface area is 82.6 Å². The zero-order valence-electron chi connectivity index (χ0n) is 7.84. The van der Waals surface area contributed by atoms with Gasteiger partial charge in [0.2, 0.25) is 0 Å². The van der Waals surface area contributed by atoms with Crippen LogP contribution in [0.15, 0.2) is 12.1 Å². The van der Waals surface area contributed by atoms with Gasteiger partial charge in [-0.05, 0) is 45.0 Å². The number of aliphatic hydroxyl groups is 1. The van der Waals surface area contributed by atoms with E-state index in [1.807, 2.05) is 0 Å². The molecular formula is C10H15NOS. The summed E-state index contributed by atoms with van der Waals surface area (Å²) >= 11 is 1.72. The molecule has 1 fully saturated rings. The lowest BCUT2D eigenvalue weighted by Crippen LogP contribution is -2.39. The number of thiophene rings is 1. The van der Waals surface area contributed by atoms with Gasteiger partial charge in [0.1, 0.15) is 5.60 Å². The van der Waals surface area contributed by atoms with Gasteiger partial charge in [0.25, 0.3) is 0 Å². The third-order valence-corrected chi connectivity index (χ3v) is 3.82. The Bertz CT molecular complexity index is 289. The van der Waals surface area contributed by atoms with E-state index in [1.165, 1.54) is 4.88 Å². The molecule has 0 aliphatic carbocycles. The summed E-state index contributed by atoms with van der Waals surface area (Å²) in [6.45, 7) is 3.93. The quantitative estimate of drug-likeness (QED) is 0.717. The molecule has 2 nitrogen and oxygen atoms in total. The fourth-order valence-electron chi connectivity index (χ4n) is 1.77. The summed E-state index contributed by atoms with van der Waals surface area (Å²) in [6, 6.07) is 4.14. The van der Waals surface area contributed by atoms with Crippen LogP contribution in [0, 0.1) is 6.92 Å². The van der Waals surface area contributed by atoms with E-state index in [0.717, 1.165) is 30.8 Å². The van der Waals surface area contributed by atoms with Crippen molar-refractivity contribution in [3.8, 4) is 0 Å². The SMILES string of the molecule is Cc1ccc(C2(O)CCNCC2)s1. The molecule has 0 spiro atoms. The Kier molecular flexibility index (Phi) is 2.41. The molecule has 0 radical (unpaired) electrons. The zero-order chi connectivity index (χ0) is 9.31. The first-order chi connectivity index (χ1) is 6.21. The lowest BCUT2D eigenvalue weighted by molar-refractivity contribution is 0.00944. The van der Waals surface area contributed by atoms with Crippen LogP contribution in [0.1, 0.15) is 22.6 Å². The molecular weight excluding hydrogens is 182 g/mol. The Morgan fingerprint density at radius 1 is 1.38 bits per heavy atom. The number of nitrogens with one attached hydrogen (secondary N) is 1. The van der Waals surface area contributed by atoms with Crippen molar-refractivity contribution < 1.29 is 5.11 Å². The van der Waals surface area contributed by atoms with E-state index in [1.54, 1.807) is 11.3 Å². The maximum absolute atomic E-state index is 10.3. The second-order valence-corrected chi connectivity index (χ2v) is 4.98. The molecule has 2 heterocycles. The molecule has 1 aliphatic rings. The first-order valence-electron chi connectivity index (χ1n) is 4.71. The molecule has 1 aromatic rings. The molecule has 0 saturated carbocycles. The van der Waals surface area contributed by atoms with E-state index in [0.29, 0.717) is 0 Å². The number of rotatable bonds is 1. The minimum atomic E-state index is -0.551. The van der Waals surface area contributed by atoms with Crippen molar-refractivity contribution in [1.82, 2.24) is 5.32 Å². The number of hydrogen-bond acceptors (Lipinski definition) is 3. The molecule has 0 bridgehead atoms. The largest absolute Gasteiger partial charge is 0.384 e. The molecule has 13 heavy (non-hydrogen) atoms. The molecule has 0 unspecified atom stereocenters. The summed E-state index contributed by atoms with van der Waals surface area (Å²) in [5.41, 5.74) is -0.551. The van der Waals surface area contributed by atoms with Gasteiger partial charge in [-0.3, -0.25) is 0 Å². The maximum atomic E-state index is 10.3. The third-order valence-electron chi connectivity index (χ3n) is 2.63. The molecule has 72 valence electrons. The number of piperidine rings is 1. The summed E-state index contributed by atoms with van der Waals surface area (Å²) < 4.78 is 0. The number of hydrogen-bond donors (Lipinski definition) is 2. The van der Waals surface area contributed by atoms with Gasteiger partial charge in [0, 0.05) is 9.75 Å². The average molecular weight is 197 g/mol. The minimum Gasteiger partial charge on any atom is -0.384 e. The van der Waals surface area contributed by atoms with Gasteiger partial charge in [-0.1, -0.05) is 0 Å². The van der Waals surface area contributed by atoms with Crippen LogP contribution in [0.25, 0.3) is 0 Å². The molecule has 1 aromatic heterocycles. The fourth-order valence-corrected chi connectivity index (χ4v) is 2.78. The van der Waals surface area contributed by atoms with E-state index in [4.69, 9.17) is 0 Å². The van der Waals surface area contributed by atoms with Crippen LogP contribution in [0.4, 0.5) is 0 Å². The van der Waals surface area contributed by atoms with Gasteiger partial charge >= 0.3 is 0 Å². The van der Waals surface area contributed by atoms with Gasteiger partial charge < -0.3 is 10.4 Å². The van der Waals surface area contributed by atoms with Crippen LogP contribution in [-0.4, -0.2) is 18.2 Å². The first kappa shape index (κ1) is 9.19. The van der Waals surface area contributed by atoms with Crippen LogP contribution >= 0.6 is 11.3 Å². The molecule has 0 atom stereocenters. The Balaban J connectivity index is 2.22. The van der Waals surface area contributed by atoms with Crippen molar-refractivity contribution >= 4 is 11.3 Å². The molecule has 1 aliphatic heterocycles. The van der Waals surface area contributed by atoms with Crippen LogP contribution in [0.5, 0.6) is 0 Å². The van der Waals surface area contributed by atoms with E-state index >= 15 is 0 Å². The molecule has 2 N–H and O–H groups in total.